The second kappa shape index (κ2) is 5.38. The van der Waals surface area contributed by atoms with Crippen molar-refractivity contribution in [2.75, 3.05) is 18.9 Å². The van der Waals surface area contributed by atoms with Gasteiger partial charge in [-0.15, -0.1) is 0 Å². The van der Waals surface area contributed by atoms with Crippen molar-refractivity contribution in [1.29, 1.82) is 0 Å². The highest BCUT2D eigenvalue weighted by molar-refractivity contribution is 5.99. The van der Waals surface area contributed by atoms with Crippen molar-refractivity contribution >= 4 is 11.6 Å². The van der Waals surface area contributed by atoms with Crippen LogP contribution >= 0.6 is 0 Å². The molecule has 1 amide bonds. The molecule has 0 bridgehead atoms. The van der Waals surface area contributed by atoms with E-state index in [-0.39, 0.29) is 5.91 Å². The summed E-state index contributed by atoms with van der Waals surface area (Å²) in [6.07, 6.45) is 8.19. The molecular weight excluding hydrogens is 226 g/mol. The molecule has 1 heterocycles. The zero-order chi connectivity index (χ0) is 13.0. The fourth-order valence-electron chi connectivity index (χ4n) is 2.49. The summed E-state index contributed by atoms with van der Waals surface area (Å²) in [7, 11) is 1.81. The molecule has 0 atom stereocenters. The Balaban J connectivity index is 1.99. The first-order chi connectivity index (χ1) is 8.71. The van der Waals surface area contributed by atoms with E-state index in [1.165, 1.54) is 19.3 Å². The van der Waals surface area contributed by atoms with Gasteiger partial charge in [0.15, 0.2) is 0 Å². The Morgan fingerprint density at radius 2 is 2.28 bits per heavy atom. The molecule has 1 aliphatic rings. The number of rotatable bonds is 5. The molecule has 1 aliphatic carbocycles. The summed E-state index contributed by atoms with van der Waals surface area (Å²) in [5.74, 6) is -0.0350. The van der Waals surface area contributed by atoms with Gasteiger partial charge in [-0.25, -0.2) is 0 Å². The lowest BCUT2D eigenvalue weighted by molar-refractivity contribution is 0.0850. The molecular formula is C14H21N3O. The number of carbonyl (C=O) groups is 1. The maximum atomic E-state index is 12.1. The molecule has 1 aromatic heterocycles. The van der Waals surface area contributed by atoms with Crippen LogP contribution in [0.1, 0.15) is 43.0 Å². The monoisotopic (exact) mass is 247 g/mol. The Bertz CT molecular complexity index is 421. The Morgan fingerprint density at radius 1 is 1.50 bits per heavy atom. The van der Waals surface area contributed by atoms with Crippen molar-refractivity contribution in [2.45, 2.75) is 32.6 Å². The second-order valence-electron chi connectivity index (χ2n) is 5.06. The number of anilines is 1. The summed E-state index contributed by atoms with van der Waals surface area (Å²) in [5, 5.41) is 6.06. The van der Waals surface area contributed by atoms with E-state index in [0.29, 0.717) is 11.0 Å². The third-order valence-electron chi connectivity index (χ3n) is 4.12. The van der Waals surface area contributed by atoms with Gasteiger partial charge in [-0.2, -0.15) is 0 Å². The second-order valence-corrected chi connectivity index (χ2v) is 5.06. The smallest absolute Gasteiger partial charge is 0.254 e. The minimum atomic E-state index is -0.0350. The first kappa shape index (κ1) is 12.9. The Morgan fingerprint density at radius 3 is 2.83 bits per heavy atom. The summed E-state index contributed by atoms with van der Waals surface area (Å²) in [5.41, 5.74) is 1.78. The molecule has 1 fully saturated rings. The van der Waals surface area contributed by atoms with Crippen molar-refractivity contribution in [3.8, 4) is 0 Å². The Hall–Kier alpha value is -1.58. The van der Waals surface area contributed by atoms with Crippen LogP contribution in [-0.4, -0.2) is 24.5 Å². The van der Waals surface area contributed by atoms with Gasteiger partial charge in [0, 0.05) is 31.7 Å². The van der Waals surface area contributed by atoms with E-state index >= 15 is 0 Å². The molecule has 0 radical (unpaired) electrons. The van der Waals surface area contributed by atoms with Crippen LogP contribution in [0.25, 0.3) is 0 Å². The molecule has 2 rings (SSSR count). The minimum absolute atomic E-state index is 0.0350. The molecule has 1 saturated carbocycles. The zero-order valence-electron chi connectivity index (χ0n) is 11.1. The van der Waals surface area contributed by atoms with Crippen LogP contribution in [0.5, 0.6) is 0 Å². The van der Waals surface area contributed by atoms with Gasteiger partial charge in [-0.05, 0) is 30.7 Å². The number of nitrogens with one attached hydrogen (secondary N) is 2. The van der Waals surface area contributed by atoms with Crippen molar-refractivity contribution in [3.63, 3.8) is 0 Å². The summed E-state index contributed by atoms with van der Waals surface area (Å²) >= 11 is 0. The van der Waals surface area contributed by atoms with Crippen LogP contribution in [0.2, 0.25) is 0 Å². The third-order valence-corrected chi connectivity index (χ3v) is 4.12. The normalized spacial score (nSPS) is 16.8. The Kier molecular flexibility index (Phi) is 3.84. The topological polar surface area (TPSA) is 54.0 Å². The highest BCUT2D eigenvalue weighted by Crippen LogP contribution is 2.43. The summed E-state index contributed by atoms with van der Waals surface area (Å²) in [6, 6.07) is 1.81. The lowest BCUT2D eigenvalue weighted by Gasteiger charge is -2.41. The number of aromatic nitrogens is 1. The third kappa shape index (κ3) is 2.47. The SMILES string of the molecule is CCC1(CNC(=O)c2cnccc2NC)CCC1. The molecule has 0 aliphatic heterocycles. The Labute approximate surface area is 108 Å². The molecule has 1 aromatic rings. The molecule has 98 valence electrons. The lowest BCUT2D eigenvalue weighted by Crippen LogP contribution is -2.41. The number of amides is 1. The fourth-order valence-corrected chi connectivity index (χ4v) is 2.49. The minimum Gasteiger partial charge on any atom is -0.387 e. The van der Waals surface area contributed by atoms with Gasteiger partial charge in [-0.3, -0.25) is 9.78 Å². The molecule has 0 unspecified atom stereocenters. The van der Waals surface area contributed by atoms with E-state index in [4.69, 9.17) is 0 Å². The van der Waals surface area contributed by atoms with E-state index < -0.39 is 0 Å². The first-order valence-electron chi connectivity index (χ1n) is 6.61. The van der Waals surface area contributed by atoms with Crippen LogP contribution in [0.15, 0.2) is 18.5 Å². The standard InChI is InChI=1S/C14H21N3O/c1-3-14(6-4-7-14)10-17-13(18)11-9-16-8-5-12(11)15-2/h5,8-9H,3-4,6-7,10H2,1-2H3,(H,15,16)(H,17,18). The maximum Gasteiger partial charge on any atom is 0.254 e. The zero-order valence-corrected chi connectivity index (χ0v) is 11.1. The summed E-state index contributed by atoms with van der Waals surface area (Å²) in [6.45, 7) is 2.98. The fraction of sp³-hybridized carbons (Fsp3) is 0.571. The van der Waals surface area contributed by atoms with Crippen molar-refractivity contribution in [3.05, 3.63) is 24.0 Å². The molecule has 4 heteroatoms. The van der Waals surface area contributed by atoms with Gasteiger partial charge in [0.2, 0.25) is 0 Å². The average molecular weight is 247 g/mol. The maximum absolute atomic E-state index is 12.1. The number of carbonyl (C=O) groups excluding carboxylic acids is 1. The molecule has 2 N–H and O–H groups in total. The highest BCUT2D eigenvalue weighted by atomic mass is 16.1. The highest BCUT2D eigenvalue weighted by Gasteiger charge is 2.35. The molecule has 0 saturated heterocycles. The van der Waals surface area contributed by atoms with E-state index in [9.17, 15) is 4.79 Å². The number of hydrogen-bond acceptors (Lipinski definition) is 3. The van der Waals surface area contributed by atoms with Crippen LogP contribution in [0, 0.1) is 5.41 Å². The summed E-state index contributed by atoms with van der Waals surface area (Å²) < 4.78 is 0. The molecule has 0 spiro atoms. The predicted molar refractivity (Wildman–Crippen MR) is 72.7 cm³/mol. The van der Waals surface area contributed by atoms with Crippen molar-refractivity contribution < 1.29 is 4.79 Å². The van der Waals surface area contributed by atoms with Gasteiger partial charge < -0.3 is 10.6 Å². The van der Waals surface area contributed by atoms with Gasteiger partial charge in [-0.1, -0.05) is 13.3 Å². The molecule has 4 nitrogen and oxygen atoms in total. The summed E-state index contributed by atoms with van der Waals surface area (Å²) in [4.78, 5) is 16.1. The number of hydrogen-bond donors (Lipinski definition) is 2. The van der Waals surface area contributed by atoms with Crippen LogP contribution in [-0.2, 0) is 0 Å². The van der Waals surface area contributed by atoms with Gasteiger partial charge >= 0.3 is 0 Å². The van der Waals surface area contributed by atoms with E-state index in [1.54, 1.807) is 12.4 Å². The van der Waals surface area contributed by atoms with Gasteiger partial charge in [0.25, 0.3) is 5.91 Å². The van der Waals surface area contributed by atoms with Crippen molar-refractivity contribution in [1.82, 2.24) is 10.3 Å². The van der Waals surface area contributed by atoms with Crippen LogP contribution < -0.4 is 10.6 Å². The van der Waals surface area contributed by atoms with Gasteiger partial charge in [0.1, 0.15) is 0 Å². The van der Waals surface area contributed by atoms with E-state index in [1.807, 2.05) is 13.1 Å². The predicted octanol–water partition coefficient (Wildman–Crippen LogP) is 2.43. The quantitative estimate of drug-likeness (QED) is 0.840. The largest absolute Gasteiger partial charge is 0.387 e. The number of pyridine rings is 1. The molecule has 0 aromatic carbocycles. The number of nitrogens with zero attached hydrogens (tertiary/aromatic N) is 1. The van der Waals surface area contributed by atoms with Crippen LogP contribution in [0.3, 0.4) is 0 Å². The lowest BCUT2D eigenvalue weighted by atomic mass is 9.67. The average Bonchev–Trinajstić information content (AvgIpc) is 2.37. The van der Waals surface area contributed by atoms with Crippen LogP contribution in [0.4, 0.5) is 5.69 Å². The van der Waals surface area contributed by atoms with Gasteiger partial charge in [0.05, 0.1) is 5.56 Å². The van der Waals surface area contributed by atoms with E-state index in [2.05, 4.69) is 22.5 Å². The van der Waals surface area contributed by atoms with E-state index in [0.717, 1.165) is 18.7 Å². The molecule has 18 heavy (non-hydrogen) atoms. The van der Waals surface area contributed by atoms with Crippen molar-refractivity contribution in [2.24, 2.45) is 5.41 Å². The first-order valence-corrected chi connectivity index (χ1v) is 6.61.